The Labute approximate surface area is 159 Å². The first-order chi connectivity index (χ1) is 10.1. The average molecular weight is 343 g/mol. The van der Waals surface area contributed by atoms with Crippen LogP contribution in [0, 0.1) is 0 Å². The number of imidazole rings is 1. The van der Waals surface area contributed by atoms with Crippen molar-refractivity contribution < 1.29 is 49.0 Å². The van der Waals surface area contributed by atoms with Gasteiger partial charge in [0.2, 0.25) is 0 Å². The number of hydrogen-bond donors (Lipinski definition) is 0. The first-order valence-corrected chi connectivity index (χ1v) is 7.35. The average Bonchev–Trinajstić information content (AvgIpc) is 3.05. The molecule has 1 fully saturated rings. The Morgan fingerprint density at radius 2 is 2.30 bits per heavy atom. The van der Waals surface area contributed by atoms with E-state index < -0.39 is 5.97 Å². The van der Waals surface area contributed by atoms with Crippen LogP contribution in [0.4, 0.5) is 0 Å². The second-order valence-electron chi connectivity index (χ2n) is 4.88. The molecule has 116 valence electrons. The van der Waals surface area contributed by atoms with E-state index in [1.165, 1.54) is 22.1 Å². The number of β-lactam (4-membered cyclic amide) rings is 1. The number of thioether (sulfide) groups is 1. The van der Waals surface area contributed by atoms with Crippen molar-refractivity contribution in [1.29, 1.82) is 0 Å². The van der Waals surface area contributed by atoms with Crippen LogP contribution in [0.3, 0.4) is 0 Å². The van der Waals surface area contributed by atoms with Gasteiger partial charge in [0.25, 0.3) is 5.91 Å². The number of aromatic nitrogens is 2. The van der Waals surface area contributed by atoms with Gasteiger partial charge in [-0.15, -0.1) is 11.8 Å². The molecule has 1 amide bonds. The number of amides is 1. The molecule has 1 aromatic heterocycles. The Hall–Kier alpha value is -1.06. The third kappa shape index (κ3) is 2.89. The van der Waals surface area contributed by atoms with Gasteiger partial charge >= 0.3 is 29.6 Å². The predicted octanol–water partition coefficient (Wildman–Crippen LogP) is -3.06. The number of ether oxygens (including phenoxy) is 1. The fourth-order valence-corrected chi connectivity index (χ4v) is 3.71. The van der Waals surface area contributed by atoms with Gasteiger partial charge in [-0.05, 0) is 11.5 Å². The van der Waals surface area contributed by atoms with Gasteiger partial charge < -0.3 is 19.2 Å². The molecule has 0 saturated carbocycles. The van der Waals surface area contributed by atoms with Gasteiger partial charge in [0.05, 0.1) is 29.5 Å². The number of rotatable bonds is 2. The Balaban J connectivity index is 0.000000960. The molecule has 0 N–H and O–H groups in total. The van der Waals surface area contributed by atoms with Gasteiger partial charge in [0.1, 0.15) is 17.8 Å². The third-order valence-corrected chi connectivity index (χ3v) is 4.71. The number of carboxylic acids is 1. The quantitative estimate of drug-likeness (QED) is 0.322. The van der Waals surface area contributed by atoms with Crippen LogP contribution >= 0.6 is 11.8 Å². The molecule has 1 aromatic rings. The van der Waals surface area contributed by atoms with Gasteiger partial charge in [-0.2, -0.15) is 0 Å². The second kappa shape index (κ2) is 6.82. The number of aliphatic carboxylic acids is 1. The number of hydrogen-bond acceptors (Lipinski definition) is 6. The van der Waals surface area contributed by atoms with Crippen LogP contribution in [0.5, 0.6) is 0 Å². The van der Waals surface area contributed by atoms with Crippen LogP contribution in [-0.2, 0) is 27.5 Å². The van der Waals surface area contributed by atoms with Crippen LogP contribution in [0.15, 0.2) is 22.9 Å². The minimum atomic E-state index is -1.33. The summed E-state index contributed by atoms with van der Waals surface area (Å²) in [7, 11) is 0. The van der Waals surface area contributed by atoms with Crippen LogP contribution in [0.2, 0.25) is 0 Å². The zero-order chi connectivity index (χ0) is 14.6. The summed E-state index contributed by atoms with van der Waals surface area (Å²) in [4.78, 5) is 28.6. The molecular formula is C14H14N3NaO4S. The maximum atomic E-state index is 12.1. The largest absolute Gasteiger partial charge is 1.00 e. The van der Waals surface area contributed by atoms with Crippen molar-refractivity contribution in [2.24, 2.45) is 0 Å². The van der Waals surface area contributed by atoms with Crippen molar-refractivity contribution in [2.75, 3.05) is 6.61 Å². The van der Waals surface area contributed by atoms with Crippen LogP contribution in [0.1, 0.15) is 18.9 Å². The molecule has 9 heteroatoms. The maximum Gasteiger partial charge on any atom is 1.00 e. The van der Waals surface area contributed by atoms with Gasteiger partial charge in [-0.1, -0.05) is 7.43 Å². The summed E-state index contributed by atoms with van der Waals surface area (Å²) >= 11 is 1.29. The second-order valence-corrected chi connectivity index (χ2v) is 5.84. The molecule has 4 rings (SSSR count). The minimum Gasteiger partial charge on any atom is -0.543 e. The molecule has 0 aliphatic carbocycles. The summed E-state index contributed by atoms with van der Waals surface area (Å²) in [5.41, 5.74) is 1.19. The van der Waals surface area contributed by atoms with Crippen molar-refractivity contribution in [1.82, 2.24) is 14.5 Å². The SMILES string of the molecule is C.O=C([O-])C1=CS[C@@H]2/C(=C\c3cn4c(n3)COCC4)C(=O)N12.[Na+]. The van der Waals surface area contributed by atoms with Crippen molar-refractivity contribution in [2.45, 2.75) is 26.0 Å². The minimum absolute atomic E-state index is 0. The standard InChI is InChI=1S/C13H11N3O4S.CH4.Na/c17-11-8(12-16(11)9(6-21-12)13(18)19)3-7-4-15-1-2-20-5-10(15)14-7;;/h3-4,6,12H,1-2,5H2,(H,18,19);1H4;/q;;+1/p-1/b8-3-;;/t12-;;/m1../s1. The first kappa shape index (κ1) is 18.3. The molecule has 0 bridgehead atoms. The third-order valence-electron chi connectivity index (χ3n) is 3.63. The summed E-state index contributed by atoms with van der Waals surface area (Å²) in [6, 6.07) is 0. The fraction of sp³-hybridized carbons (Fsp3) is 0.357. The van der Waals surface area contributed by atoms with Crippen molar-refractivity contribution in [3.8, 4) is 0 Å². The van der Waals surface area contributed by atoms with Gasteiger partial charge in [-0.25, -0.2) is 4.98 Å². The van der Waals surface area contributed by atoms with E-state index in [-0.39, 0.29) is 54.0 Å². The molecule has 0 unspecified atom stereocenters. The summed E-state index contributed by atoms with van der Waals surface area (Å²) in [6.07, 6.45) is 3.60. The number of fused-ring (bicyclic) bond motifs is 2. The number of carboxylic acid groups (broad SMARTS) is 1. The molecule has 4 heterocycles. The van der Waals surface area contributed by atoms with Crippen molar-refractivity contribution in [3.05, 3.63) is 34.4 Å². The monoisotopic (exact) mass is 343 g/mol. The molecule has 0 aromatic carbocycles. The van der Waals surface area contributed by atoms with E-state index in [2.05, 4.69) is 4.98 Å². The van der Waals surface area contributed by atoms with E-state index in [0.29, 0.717) is 24.5 Å². The van der Waals surface area contributed by atoms with Crippen LogP contribution < -0.4 is 34.7 Å². The van der Waals surface area contributed by atoms with Gasteiger partial charge in [0, 0.05) is 12.7 Å². The Kier molecular flexibility index (Phi) is 5.42. The molecule has 1 atom stereocenters. The summed E-state index contributed by atoms with van der Waals surface area (Å²) in [6.45, 7) is 1.88. The van der Waals surface area contributed by atoms with Gasteiger partial charge in [-0.3, -0.25) is 9.69 Å². The van der Waals surface area contributed by atoms with E-state index in [1.54, 1.807) is 6.08 Å². The maximum absolute atomic E-state index is 12.1. The fourth-order valence-electron chi connectivity index (χ4n) is 2.60. The molecule has 3 aliphatic rings. The summed E-state index contributed by atoms with van der Waals surface area (Å²) in [5.74, 6) is -0.793. The Bertz CT molecular complexity index is 704. The van der Waals surface area contributed by atoms with E-state index in [4.69, 9.17) is 4.74 Å². The normalized spacial score (nSPS) is 23.2. The predicted molar refractivity (Wildman–Crippen MR) is 77.9 cm³/mol. The van der Waals surface area contributed by atoms with Crippen LogP contribution in [0.25, 0.3) is 6.08 Å². The van der Waals surface area contributed by atoms with E-state index in [9.17, 15) is 14.7 Å². The van der Waals surface area contributed by atoms with E-state index >= 15 is 0 Å². The molecule has 23 heavy (non-hydrogen) atoms. The molecule has 0 radical (unpaired) electrons. The molecular weight excluding hydrogens is 329 g/mol. The zero-order valence-electron chi connectivity index (χ0n) is 11.8. The zero-order valence-corrected chi connectivity index (χ0v) is 14.6. The van der Waals surface area contributed by atoms with E-state index in [1.807, 2.05) is 10.8 Å². The first-order valence-electron chi connectivity index (χ1n) is 6.41. The number of carbonyl (C=O) groups is 2. The van der Waals surface area contributed by atoms with Crippen molar-refractivity contribution >= 4 is 29.7 Å². The molecule has 1 saturated heterocycles. The summed E-state index contributed by atoms with van der Waals surface area (Å²) < 4.78 is 7.33. The van der Waals surface area contributed by atoms with Crippen molar-refractivity contribution in [3.63, 3.8) is 0 Å². The molecule has 0 spiro atoms. The molecule has 3 aliphatic heterocycles. The molecule has 7 nitrogen and oxygen atoms in total. The van der Waals surface area contributed by atoms with Gasteiger partial charge in [0.15, 0.2) is 0 Å². The smallest absolute Gasteiger partial charge is 0.543 e. The Morgan fingerprint density at radius 1 is 1.52 bits per heavy atom. The summed E-state index contributed by atoms with van der Waals surface area (Å²) in [5, 5.41) is 12.1. The van der Waals surface area contributed by atoms with E-state index in [0.717, 1.165) is 12.4 Å². The topological polar surface area (TPSA) is 87.5 Å². The van der Waals surface area contributed by atoms with Crippen LogP contribution in [-0.4, -0.2) is 38.3 Å². The number of carbonyl (C=O) groups excluding carboxylic acids is 2. The Morgan fingerprint density at radius 3 is 3.00 bits per heavy atom. The number of nitrogens with zero attached hydrogens (tertiary/aromatic N) is 3.